The quantitative estimate of drug-likeness (QED) is 0.213. The molecule has 0 saturated carbocycles. The van der Waals surface area contributed by atoms with Crippen molar-refractivity contribution in [1.29, 1.82) is 0 Å². The molecule has 0 aliphatic carbocycles. The summed E-state index contributed by atoms with van der Waals surface area (Å²) in [6.07, 6.45) is -8.84. The normalized spacial score (nSPS) is 12.5. The first kappa shape index (κ1) is 22.9. The predicted molar refractivity (Wildman–Crippen MR) is 100 cm³/mol. The number of hydrogen-bond donors (Lipinski definition) is 0. The molecule has 0 spiro atoms. The van der Waals surface area contributed by atoms with Gasteiger partial charge in [-0.1, -0.05) is 40.2 Å². The summed E-state index contributed by atoms with van der Waals surface area (Å²) in [4.78, 5) is 25.1. The van der Waals surface area contributed by atoms with Gasteiger partial charge in [0.15, 0.2) is 5.78 Å². The summed E-state index contributed by atoms with van der Waals surface area (Å²) in [7, 11) is 0. The van der Waals surface area contributed by atoms with Crippen LogP contribution in [0.25, 0.3) is 0 Å². The summed E-state index contributed by atoms with van der Waals surface area (Å²) in [6.45, 7) is 1.63. The van der Waals surface area contributed by atoms with Gasteiger partial charge in [-0.15, -0.1) is 0 Å². The molecule has 0 radical (unpaired) electrons. The second kappa shape index (κ2) is 9.87. The van der Waals surface area contributed by atoms with Crippen LogP contribution >= 0.6 is 15.9 Å². The number of rotatable bonds is 9. The number of ketones is 1. The third-order valence-electron chi connectivity index (χ3n) is 3.86. The van der Waals surface area contributed by atoms with E-state index in [2.05, 4.69) is 20.7 Å². The molecule has 0 aliphatic heterocycles. The molecule has 1 atom stereocenters. The smallest absolute Gasteiger partial charge is 0.461 e. The van der Waals surface area contributed by atoms with Crippen LogP contribution in [0.4, 0.5) is 17.6 Å². The molecule has 0 fully saturated rings. The van der Waals surface area contributed by atoms with Gasteiger partial charge < -0.3 is 9.47 Å². The van der Waals surface area contributed by atoms with E-state index >= 15 is 0 Å². The maximum Gasteiger partial charge on any atom is 0.461 e. The molecule has 1 unspecified atom stereocenters. The molecule has 0 bridgehead atoms. The van der Waals surface area contributed by atoms with E-state index in [0.29, 0.717) is 0 Å². The Kier molecular flexibility index (Phi) is 7.78. The Balaban J connectivity index is 2.27. The van der Waals surface area contributed by atoms with Crippen molar-refractivity contribution in [2.45, 2.75) is 25.9 Å². The molecule has 0 heterocycles. The lowest BCUT2D eigenvalue weighted by atomic mass is 9.91. The summed E-state index contributed by atoms with van der Waals surface area (Å²) in [5, 5.41) is 0. The van der Waals surface area contributed by atoms with Crippen molar-refractivity contribution in [2.75, 3.05) is 6.61 Å². The summed E-state index contributed by atoms with van der Waals surface area (Å²) in [5.74, 6) is -3.03. The van der Waals surface area contributed by atoms with Crippen molar-refractivity contribution in [3.63, 3.8) is 0 Å². The van der Waals surface area contributed by atoms with Crippen molar-refractivity contribution in [3.05, 3.63) is 64.1 Å². The molecule has 2 aromatic rings. The zero-order valence-electron chi connectivity index (χ0n) is 15.2. The first-order valence-electron chi connectivity index (χ1n) is 8.54. The van der Waals surface area contributed by atoms with Crippen molar-refractivity contribution in [3.8, 4) is 5.75 Å². The van der Waals surface area contributed by atoms with Gasteiger partial charge in [0, 0.05) is 10.0 Å². The number of carbonyl (C=O) groups excluding carboxylic acids is 2. The number of benzene rings is 2. The zero-order valence-corrected chi connectivity index (χ0v) is 16.8. The number of alkyl halides is 4. The van der Waals surface area contributed by atoms with E-state index in [1.165, 1.54) is 24.3 Å². The Morgan fingerprint density at radius 3 is 2.34 bits per heavy atom. The van der Waals surface area contributed by atoms with Crippen LogP contribution in [-0.2, 0) is 16.0 Å². The lowest BCUT2D eigenvalue weighted by Crippen LogP contribution is -2.33. The molecule has 9 heteroatoms. The average Bonchev–Trinajstić information content (AvgIpc) is 2.66. The van der Waals surface area contributed by atoms with E-state index in [0.717, 1.165) is 16.6 Å². The minimum Gasteiger partial charge on any atom is -0.465 e. The highest BCUT2D eigenvalue weighted by Gasteiger charge is 2.44. The summed E-state index contributed by atoms with van der Waals surface area (Å²) in [5.41, 5.74) is 0.541. The van der Waals surface area contributed by atoms with Crippen LogP contribution in [0, 0.1) is 5.92 Å². The number of Topliss-reactive ketones (excluding diaryl/α,β-unsaturated/α-hetero) is 1. The lowest BCUT2D eigenvalue weighted by Gasteiger charge is -2.18. The minimum absolute atomic E-state index is 0.0483. The van der Waals surface area contributed by atoms with Crippen LogP contribution < -0.4 is 4.74 Å². The fraction of sp³-hybridized carbons (Fsp3) is 0.300. The van der Waals surface area contributed by atoms with E-state index < -0.39 is 36.0 Å². The number of esters is 1. The maximum absolute atomic E-state index is 13.1. The van der Waals surface area contributed by atoms with Crippen LogP contribution in [-0.4, -0.2) is 30.9 Å². The van der Waals surface area contributed by atoms with Gasteiger partial charge in [0.25, 0.3) is 0 Å². The van der Waals surface area contributed by atoms with Gasteiger partial charge in [0.05, 0.1) is 6.61 Å². The van der Waals surface area contributed by atoms with Crippen LogP contribution in [0.5, 0.6) is 5.75 Å². The summed E-state index contributed by atoms with van der Waals surface area (Å²) in [6, 6.07) is 11.3. The highest BCUT2D eigenvalue weighted by molar-refractivity contribution is 9.10. The monoisotopic (exact) mass is 476 g/mol. The van der Waals surface area contributed by atoms with E-state index in [4.69, 9.17) is 4.74 Å². The van der Waals surface area contributed by atoms with Gasteiger partial charge in [0.1, 0.15) is 11.7 Å². The molecule has 2 aromatic carbocycles. The zero-order chi connectivity index (χ0) is 21.6. The highest BCUT2D eigenvalue weighted by Crippen LogP contribution is 2.29. The molecule has 0 saturated heterocycles. The Morgan fingerprint density at radius 2 is 1.76 bits per heavy atom. The molecular formula is C20H17BrF4O4. The third-order valence-corrected chi connectivity index (χ3v) is 4.39. The second-order valence-corrected chi connectivity index (χ2v) is 6.91. The van der Waals surface area contributed by atoms with Crippen molar-refractivity contribution in [2.24, 2.45) is 5.92 Å². The van der Waals surface area contributed by atoms with Crippen molar-refractivity contribution in [1.82, 2.24) is 0 Å². The number of carbonyl (C=O) groups is 2. The predicted octanol–water partition coefficient (Wildman–Crippen LogP) is 5.29. The van der Waals surface area contributed by atoms with E-state index in [1.54, 1.807) is 19.1 Å². The fourth-order valence-corrected chi connectivity index (χ4v) is 2.78. The van der Waals surface area contributed by atoms with Crippen LogP contribution in [0.15, 0.2) is 53.0 Å². The molecular weight excluding hydrogens is 460 g/mol. The van der Waals surface area contributed by atoms with Crippen molar-refractivity contribution < 1.29 is 36.6 Å². The molecule has 0 aliphatic rings. The SMILES string of the molecule is CCOC(=O)C(Cc1cccc(OC(F)(F)C(F)F)c1)C(=O)c1ccc(Br)cc1. The molecule has 4 nitrogen and oxygen atoms in total. The Labute approximate surface area is 172 Å². The standard InChI is InChI=1S/C20H17BrF4O4/c1-2-28-18(27)16(17(26)13-6-8-14(21)9-7-13)11-12-4-3-5-15(10-12)29-20(24,25)19(22)23/h3-10,16,19H,2,11H2,1H3. The summed E-state index contributed by atoms with van der Waals surface area (Å²) >= 11 is 3.25. The first-order chi connectivity index (χ1) is 13.6. The summed E-state index contributed by atoms with van der Waals surface area (Å²) < 4.78 is 60.7. The van der Waals surface area contributed by atoms with Gasteiger partial charge in [-0.25, -0.2) is 0 Å². The lowest BCUT2D eigenvalue weighted by molar-refractivity contribution is -0.253. The molecule has 0 aromatic heterocycles. The number of ether oxygens (including phenoxy) is 2. The molecule has 29 heavy (non-hydrogen) atoms. The first-order valence-corrected chi connectivity index (χ1v) is 9.33. The molecule has 156 valence electrons. The second-order valence-electron chi connectivity index (χ2n) is 5.99. The Bertz CT molecular complexity index is 856. The number of halogens is 5. The third kappa shape index (κ3) is 6.28. The van der Waals surface area contributed by atoms with E-state index in [9.17, 15) is 27.2 Å². The molecule has 0 amide bonds. The molecule has 2 rings (SSSR count). The molecule has 0 N–H and O–H groups in total. The Hall–Kier alpha value is -2.42. The Morgan fingerprint density at radius 1 is 1.10 bits per heavy atom. The largest absolute Gasteiger partial charge is 0.465 e. The number of hydrogen-bond acceptors (Lipinski definition) is 4. The van der Waals surface area contributed by atoms with Crippen molar-refractivity contribution >= 4 is 27.7 Å². The van der Waals surface area contributed by atoms with Gasteiger partial charge >= 0.3 is 18.5 Å². The van der Waals surface area contributed by atoms with Gasteiger partial charge in [-0.2, -0.15) is 17.6 Å². The van der Waals surface area contributed by atoms with Crippen LogP contribution in [0.3, 0.4) is 0 Å². The van der Waals surface area contributed by atoms with Gasteiger partial charge in [-0.3, -0.25) is 9.59 Å². The topological polar surface area (TPSA) is 52.6 Å². The van der Waals surface area contributed by atoms with E-state index in [1.807, 2.05) is 0 Å². The van der Waals surface area contributed by atoms with Crippen LogP contribution in [0.2, 0.25) is 0 Å². The average molecular weight is 477 g/mol. The van der Waals surface area contributed by atoms with Gasteiger partial charge in [-0.05, 0) is 43.2 Å². The maximum atomic E-state index is 13.1. The van der Waals surface area contributed by atoms with E-state index in [-0.39, 0.29) is 24.2 Å². The van der Waals surface area contributed by atoms with Gasteiger partial charge in [0.2, 0.25) is 0 Å². The minimum atomic E-state index is -4.66. The van der Waals surface area contributed by atoms with Crippen LogP contribution in [0.1, 0.15) is 22.8 Å². The fourth-order valence-electron chi connectivity index (χ4n) is 2.51. The highest BCUT2D eigenvalue weighted by atomic mass is 79.9.